The van der Waals surface area contributed by atoms with E-state index in [9.17, 15) is 43.2 Å². The predicted octanol–water partition coefficient (Wildman–Crippen LogP) is 18.3. The summed E-state index contributed by atoms with van der Waals surface area (Å²) >= 11 is 0. The third-order valence-corrected chi connectivity index (χ3v) is 17.4. The molecule has 3 unspecified atom stereocenters. The molecule has 17 nitrogen and oxygen atoms in total. The number of hydrogen-bond donors (Lipinski definition) is 3. The zero-order valence-corrected chi connectivity index (χ0v) is 56.9. The quantitative estimate of drug-likeness (QED) is 0.0222. The summed E-state index contributed by atoms with van der Waals surface area (Å²) in [5.74, 6) is 0.0569. The van der Waals surface area contributed by atoms with Crippen LogP contribution < -0.4 is 0 Å². The summed E-state index contributed by atoms with van der Waals surface area (Å²) in [5, 5.41) is 10.5. The van der Waals surface area contributed by atoms with Crippen molar-refractivity contribution in [2.75, 3.05) is 39.6 Å². The van der Waals surface area contributed by atoms with Gasteiger partial charge in [0.25, 0.3) is 0 Å². The minimum atomic E-state index is -4.95. The number of phosphoric ester groups is 2. The highest BCUT2D eigenvalue weighted by molar-refractivity contribution is 7.47. The Morgan fingerprint density at radius 1 is 0.341 bits per heavy atom. The second-order valence-electron chi connectivity index (χ2n) is 25.1. The van der Waals surface area contributed by atoms with Crippen LogP contribution >= 0.6 is 15.6 Å². The third-order valence-electron chi connectivity index (χ3n) is 15.5. The van der Waals surface area contributed by atoms with Crippen molar-refractivity contribution in [1.82, 2.24) is 0 Å². The molecule has 0 aliphatic rings. The maximum Gasteiger partial charge on any atom is 0.472 e. The molecule has 0 amide bonds. The van der Waals surface area contributed by atoms with Crippen LogP contribution in [-0.2, 0) is 65.4 Å². The number of ether oxygens (including phenoxy) is 4. The number of aliphatic hydroxyl groups excluding tert-OH is 1. The lowest BCUT2D eigenvalue weighted by atomic mass is 10.00. The summed E-state index contributed by atoms with van der Waals surface area (Å²) in [7, 11) is -9.89. The molecule has 3 N–H and O–H groups in total. The van der Waals surface area contributed by atoms with Crippen molar-refractivity contribution in [2.24, 2.45) is 17.8 Å². The Labute approximate surface area is 517 Å². The molecule has 0 heterocycles. The van der Waals surface area contributed by atoms with Crippen molar-refractivity contribution in [3.05, 3.63) is 0 Å². The van der Waals surface area contributed by atoms with E-state index in [0.717, 1.165) is 108 Å². The number of aliphatic hydroxyl groups is 1. The van der Waals surface area contributed by atoms with Gasteiger partial charge in [-0.2, -0.15) is 0 Å². The number of hydrogen-bond acceptors (Lipinski definition) is 15. The molecular weight excluding hydrogens is 1130 g/mol. The summed E-state index contributed by atoms with van der Waals surface area (Å²) in [5.41, 5.74) is 0. The average Bonchev–Trinajstić information content (AvgIpc) is 3.57. The van der Waals surface area contributed by atoms with Crippen LogP contribution in [0.5, 0.6) is 0 Å². The van der Waals surface area contributed by atoms with Crippen LogP contribution in [0.2, 0.25) is 0 Å². The van der Waals surface area contributed by atoms with Gasteiger partial charge in [-0.15, -0.1) is 0 Å². The molecule has 85 heavy (non-hydrogen) atoms. The summed E-state index contributed by atoms with van der Waals surface area (Å²) in [6.07, 6.45) is 39.2. The van der Waals surface area contributed by atoms with E-state index in [1.807, 2.05) is 0 Å². The number of phosphoric acid groups is 2. The van der Waals surface area contributed by atoms with Crippen molar-refractivity contribution in [3.8, 4) is 0 Å². The van der Waals surface area contributed by atoms with Crippen LogP contribution in [0.25, 0.3) is 0 Å². The second kappa shape index (κ2) is 57.2. The molecule has 0 radical (unpaired) electrons. The van der Waals surface area contributed by atoms with Crippen molar-refractivity contribution >= 4 is 39.5 Å². The van der Waals surface area contributed by atoms with Crippen LogP contribution in [0.3, 0.4) is 0 Å². The Morgan fingerprint density at radius 2 is 0.600 bits per heavy atom. The predicted molar refractivity (Wildman–Crippen MR) is 340 cm³/mol. The molecule has 0 aromatic heterocycles. The highest BCUT2D eigenvalue weighted by Crippen LogP contribution is 2.45. The van der Waals surface area contributed by atoms with Crippen molar-refractivity contribution in [2.45, 2.75) is 343 Å². The molecule has 0 aromatic rings. The van der Waals surface area contributed by atoms with E-state index < -0.39 is 97.5 Å². The van der Waals surface area contributed by atoms with Crippen LogP contribution in [0.1, 0.15) is 325 Å². The van der Waals surface area contributed by atoms with E-state index in [-0.39, 0.29) is 25.7 Å². The Morgan fingerprint density at radius 3 is 0.894 bits per heavy atom. The summed E-state index contributed by atoms with van der Waals surface area (Å²) in [6, 6.07) is 0. The van der Waals surface area contributed by atoms with Crippen molar-refractivity contribution in [3.63, 3.8) is 0 Å². The van der Waals surface area contributed by atoms with Gasteiger partial charge in [0.15, 0.2) is 12.2 Å². The monoisotopic (exact) mass is 1250 g/mol. The number of carbonyl (C=O) groups excluding carboxylic acids is 4. The highest BCUT2D eigenvalue weighted by atomic mass is 31.2. The fourth-order valence-electron chi connectivity index (χ4n) is 9.80. The Kier molecular flexibility index (Phi) is 55.9. The topological polar surface area (TPSA) is 237 Å². The number of carbonyl (C=O) groups is 4. The fraction of sp³-hybridized carbons (Fsp3) is 0.939. The van der Waals surface area contributed by atoms with Crippen molar-refractivity contribution < 1.29 is 80.2 Å². The largest absolute Gasteiger partial charge is 0.472 e. The summed E-state index contributed by atoms with van der Waals surface area (Å²) in [4.78, 5) is 72.2. The van der Waals surface area contributed by atoms with Gasteiger partial charge in [0.2, 0.25) is 0 Å². The Hall–Kier alpha value is -1.94. The fourth-order valence-corrected chi connectivity index (χ4v) is 11.4. The van der Waals surface area contributed by atoms with Gasteiger partial charge in [0.1, 0.15) is 19.3 Å². The van der Waals surface area contributed by atoms with E-state index >= 15 is 0 Å². The molecule has 0 aliphatic carbocycles. The normalized spacial score (nSPS) is 14.6. The molecule has 0 aliphatic heterocycles. The average molecular weight is 1260 g/mol. The lowest BCUT2D eigenvalue weighted by Gasteiger charge is -2.21. The first-order chi connectivity index (χ1) is 40.8. The SMILES string of the molecule is CCCCCCCCCCCC(=O)OC[C@H](COP(=O)(O)OC[C@H](O)COP(=O)(O)OC[C@@H](COC(=O)CCCCCCCCC(C)CC)OC(=O)CCCCCCCCCCCCCCCCC(C)C)OC(=O)CCCCCCCCC(C)C. The van der Waals surface area contributed by atoms with E-state index in [1.54, 1.807) is 0 Å². The van der Waals surface area contributed by atoms with Gasteiger partial charge in [-0.3, -0.25) is 37.3 Å². The van der Waals surface area contributed by atoms with Crippen LogP contribution in [-0.4, -0.2) is 96.7 Å². The molecule has 0 bridgehead atoms. The molecule has 6 atom stereocenters. The molecule has 0 saturated heterocycles. The third kappa shape index (κ3) is 59.5. The lowest BCUT2D eigenvalue weighted by molar-refractivity contribution is -0.161. The van der Waals surface area contributed by atoms with Crippen LogP contribution in [0, 0.1) is 17.8 Å². The highest BCUT2D eigenvalue weighted by Gasteiger charge is 2.30. The minimum absolute atomic E-state index is 0.102. The molecule has 0 spiro atoms. The number of rotatable bonds is 64. The molecule has 0 fully saturated rings. The molecule has 19 heteroatoms. The summed E-state index contributed by atoms with van der Waals surface area (Å²) < 4.78 is 68.0. The van der Waals surface area contributed by atoms with Crippen LogP contribution in [0.4, 0.5) is 0 Å². The van der Waals surface area contributed by atoms with E-state index in [4.69, 9.17) is 37.0 Å². The van der Waals surface area contributed by atoms with Gasteiger partial charge in [-0.05, 0) is 43.4 Å². The number of unbranched alkanes of at least 4 members (excludes halogenated alkanes) is 31. The zero-order chi connectivity index (χ0) is 63.1. The Bertz CT molecular complexity index is 1680. The summed E-state index contributed by atoms with van der Waals surface area (Å²) in [6.45, 7) is 11.7. The van der Waals surface area contributed by atoms with Gasteiger partial charge in [0.05, 0.1) is 26.4 Å². The van der Waals surface area contributed by atoms with Crippen LogP contribution in [0.15, 0.2) is 0 Å². The molecule has 0 aromatic carbocycles. The maximum atomic E-state index is 13.0. The molecular formula is C66H128O17P2. The Balaban J connectivity index is 5.20. The van der Waals surface area contributed by atoms with Gasteiger partial charge < -0.3 is 33.8 Å². The first-order valence-electron chi connectivity index (χ1n) is 34.4. The lowest BCUT2D eigenvalue weighted by Crippen LogP contribution is -2.30. The molecule has 0 rings (SSSR count). The van der Waals surface area contributed by atoms with E-state index in [2.05, 4.69) is 48.5 Å². The second-order valence-corrected chi connectivity index (χ2v) is 28.0. The van der Waals surface area contributed by atoms with Crippen molar-refractivity contribution in [1.29, 1.82) is 0 Å². The minimum Gasteiger partial charge on any atom is -0.462 e. The van der Waals surface area contributed by atoms with Gasteiger partial charge in [-0.25, -0.2) is 9.13 Å². The first kappa shape index (κ1) is 83.1. The van der Waals surface area contributed by atoms with Gasteiger partial charge >= 0.3 is 39.5 Å². The molecule has 0 saturated carbocycles. The first-order valence-corrected chi connectivity index (χ1v) is 37.4. The maximum absolute atomic E-state index is 13.0. The smallest absolute Gasteiger partial charge is 0.462 e. The van der Waals surface area contributed by atoms with E-state index in [0.29, 0.717) is 31.6 Å². The number of esters is 4. The van der Waals surface area contributed by atoms with Gasteiger partial charge in [0, 0.05) is 25.7 Å². The van der Waals surface area contributed by atoms with Gasteiger partial charge in [-0.1, -0.05) is 273 Å². The van der Waals surface area contributed by atoms with E-state index in [1.165, 1.54) is 128 Å². The standard InChI is InChI=1S/C66H128O17P2/c1-8-10-11-12-13-20-24-33-40-47-63(68)76-53-62(83-66(71)50-43-36-28-26-31-38-45-58(5)6)56-81-85(74,75)79-52-60(67)51-78-84(72,73)80-55-61(54-77-64(69)48-41-34-29-27-32-39-46-59(7)9-2)82-65(70)49-42-35-25-22-19-17-15-14-16-18-21-23-30-37-44-57(3)4/h57-62,67H,8-56H2,1-7H3,(H,72,73)(H,74,75)/t59?,60-,61-,62-/m1/s1. The zero-order valence-electron chi connectivity index (χ0n) is 55.1. The molecule has 504 valence electrons.